The molecule has 1 saturated carbocycles. The molecule has 0 atom stereocenters. The zero-order chi connectivity index (χ0) is 33.0. The normalized spacial score (nSPS) is 16.0. The first kappa shape index (κ1) is 32.1. The third kappa shape index (κ3) is 7.44. The van der Waals surface area contributed by atoms with Crippen LogP contribution in [-0.4, -0.2) is 80.1 Å². The van der Waals surface area contributed by atoms with Crippen molar-refractivity contribution >= 4 is 34.1 Å². The minimum atomic E-state index is -1.28. The Labute approximate surface area is 271 Å². The Morgan fingerprint density at radius 2 is 1.55 bits per heavy atom. The van der Waals surface area contributed by atoms with Gasteiger partial charge in [-0.2, -0.15) is 0 Å². The second-order valence-electron chi connectivity index (χ2n) is 11.9. The number of pyridine rings is 1. The predicted octanol–water partition coefficient (Wildman–Crippen LogP) is 5.69. The number of aromatic nitrogens is 1. The Morgan fingerprint density at radius 3 is 2.23 bits per heavy atom. The molecule has 47 heavy (non-hydrogen) atoms. The smallest absolute Gasteiger partial charge is 0.240 e. The molecule has 246 valence electrons. The lowest BCUT2D eigenvalue weighted by atomic mass is 10.0. The average Bonchev–Trinajstić information content (AvgIpc) is 3.89. The van der Waals surface area contributed by atoms with E-state index in [1.165, 1.54) is 36.4 Å². The van der Waals surface area contributed by atoms with Gasteiger partial charge in [-0.15, -0.1) is 0 Å². The van der Waals surface area contributed by atoms with Crippen LogP contribution in [0.15, 0.2) is 66.9 Å². The van der Waals surface area contributed by atoms with Crippen molar-refractivity contribution in [2.75, 3.05) is 64.1 Å². The number of nitrogens with one attached hydrogen (secondary N) is 2. The molecule has 2 N–H and O–H groups in total. The lowest BCUT2D eigenvalue weighted by Gasteiger charge is -2.32. The van der Waals surface area contributed by atoms with Crippen LogP contribution in [0.3, 0.4) is 0 Å². The van der Waals surface area contributed by atoms with Gasteiger partial charge >= 0.3 is 0 Å². The summed E-state index contributed by atoms with van der Waals surface area (Å²) < 4.78 is 46.1. The number of carbonyl (C=O) groups is 2. The Morgan fingerprint density at radius 1 is 0.851 bits per heavy atom. The number of ether oxygens (including phenoxy) is 3. The molecule has 12 heteroatoms. The van der Waals surface area contributed by atoms with Crippen LogP contribution in [0.25, 0.3) is 10.9 Å². The molecule has 4 aromatic rings. The van der Waals surface area contributed by atoms with Crippen molar-refractivity contribution in [3.63, 3.8) is 0 Å². The fourth-order valence-electron chi connectivity index (χ4n) is 5.53. The van der Waals surface area contributed by atoms with E-state index in [-0.39, 0.29) is 11.4 Å². The van der Waals surface area contributed by atoms with Gasteiger partial charge in [-0.3, -0.25) is 14.6 Å². The van der Waals surface area contributed by atoms with Crippen LogP contribution in [0.5, 0.6) is 23.0 Å². The zero-order valence-electron chi connectivity index (χ0n) is 26.4. The van der Waals surface area contributed by atoms with E-state index < -0.39 is 28.9 Å². The predicted molar refractivity (Wildman–Crippen MR) is 174 cm³/mol. The number of hydrogen-bond donors (Lipinski definition) is 2. The van der Waals surface area contributed by atoms with E-state index in [2.05, 4.69) is 32.5 Å². The van der Waals surface area contributed by atoms with E-state index in [0.717, 1.165) is 45.2 Å². The molecular weight excluding hydrogens is 608 g/mol. The van der Waals surface area contributed by atoms with Crippen molar-refractivity contribution in [1.29, 1.82) is 0 Å². The number of fused-ring (bicyclic) bond motifs is 1. The van der Waals surface area contributed by atoms with E-state index in [0.29, 0.717) is 53.3 Å². The van der Waals surface area contributed by atoms with Crippen LogP contribution >= 0.6 is 0 Å². The van der Waals surface area contributed by atoms with Gasteiger partial charge in [0.15, 0.2) is 23.1 Å². The Kier molecular flexibility index (Phi) is 9.50. The Hall–Kier alpha value is -4.81. The maximum atomic E-state index is 15.3. The van der Waals surface area contributed by atoms with Gasteiger partial charge in [-0.05, 0) is 74.8 Å². The summed E-state index contributed by atoms with van der Waals surface area (Å²) in [5.41, 5.74) is -0.126. The largest absolute Gasteiger partial charge is 0.493 e. The van der Waals surface area contributed by atoms with Crippen LogP contribution in [-0.2, 0) is 9.59 Å². The molecule has 10 nitrogen and oxygen atoms in total. The molecule has 1 saturated heterocycles. The van der Waals surface area contributed by atoms with Crippen molar-refractivity contribution in [2.45, 2.75) is 19.3 Å². The number of benzene rings is 3. The molecule has 6 rings (SSSR count). The standard InChI is InChI=1S/C35H37F2N5O5/c1-41-15-17-42(18-16-41)14-3-19-46-32-22-28-26(21-31(32)45-2)29(10-13-38-28)47-30-9-8-25(20-27(30)37)40-34(44)35(11-12-35)33(43)39-24-6-4-23(36)5-7-24/h4-10,13,20-22H,3,11-12,14-19H2,1-2H3,(H,39,43)(H,40,44). The van der Waals surface area contributed by atoms with Gasteiger partial charge in [0.2, 0.25) is 11.8 Å². The number of likely N-dealkylation sites (N-methyl/N-ethyl adjacent to an activating group) is 1. The van der Waals surface area contributed by atoms with Crippen LogP contribution in [0.1, 0.15) is 19.3 Å². The van der Waals surface area contributed by atoms with E-state index in [4.69, 9.17) is 14.2 Å². The third-order valence-corrected chi connectivity index (χ3v) is 8.59. The summed E-state index contributed by atoms with van der Waals surface area (Å²) in [5.74, 6) is -0.819. The van der Waals surface area contributed by atoms with Crippen molar-refractivity contribution in [1.82, 2.24) is 14.8 Å². The number of nitrogens with zero attached hydrogens (tertiary/aromatic N) is 3. The zero-order valence-corrected chi connectivity index (χ0v) is 26.4. The minimum Gasteiger partial charge on any atom is -0.493 e. The van der Waals surface area contributed by atoms with Crippen molar-refractivity contribution in [3.8, 4) is 23.0 Å². The lowest BCUT2D eigenvalue weighted by Crippen LogP contribution is -2.44. The summed E-state index contributed by atoms with van der Waals surface area (Å²) in [4.78, 5) is 35.1. The topological polar surface area (TPSA) is 105 Å². The molecule has 2 amide bonds. The highest BCUT2D eigenvalue weighted by Gasteiger charge is 2.56. The molecule has 1 aliphatic carbocycles. The minimum absolute atomic E-state index is 0.0612. The summed E-state index contributed by atoms with van der Waals surface area (Å²) in [6.07, 6.45) is 3.14. The van der Waals surface area contributed by atoms with Crippen molar-refractivity contribution in [3.05, 3.63) is 78.5 Å². The van der Waals surface area contributed by atoms with Gasteiger partial charge in [-0.1, -0.05) is 0 Å². The van der Waals surface area contributed by atoms with E-state index in [1.54, 1.807) is 31.5 Å². The molecule has 0 spiro atoms. The molecule has 2 aliphatic rings. The number of rotatable bonds is 12. The fraction of sp³-hybridized carbons (Fsp3) is 0.343. The van der Waals surface area contributed by atoms with Gasteiger partial charge in [0.25, 0.3) is 0 Å². The molecule has 0 radical (unpaired) electrons. The summed E-state index contributed by atoms with van der Waals surface area (Å²) >= 11 is 0. The summed E-state index contributed by atoms with van der Waals surface area (Å²) in [6.45, 7) is 5.74. The first-order valence-electron chi connectivity index (χ1n) is 15.6. The third-order valence-electron chi connectivity index (χ3n) is 8.59. The molecular formula is C35H37F2N5O5. The average molecular weight is 646 g/mol. The maximum absolute atomic E-state index is 15.3. The van der Waals surface area contributed by atoms with E-state index >= 15 is 4.39 Å². The molecule has 0 unspecified atom stereocenters. The highest BCUT2D eigenvalue weighted by molar-refractivity contribution is 6.16. The van der Waals surface area contributed by atoms with Gasteiger partial charge in [0.05, 0.1) is 19.2 Å². The van der Waals surface area contributed by atoms with Gasteiger partial charge in [-0.25, -0.2) is 8.78 Å². The highest BCUT2D eigenvalue weighted by atomic mass is 19.1. The lowest BCUT2D eigenvalue weighted by molar-refractivity contribution is -0.131. The molecule has 0 bridgehead atoms. The van der Waals surface area contributed by atoms with Gasteiger partial charge < -0.3 is 34.6 Å². The van der Waals surface area contributed by atoms with Crippen LogP contribution in [0.4, 0.5) is 20.2 Å². The summed E-state index contributed by atoms with van der Waals surface area (Å²) in [7, 11) is 3.69. The SMILES string of the molecule is COc1cc2c(Oc3ccc(NC(=O)C4(C(=O)Nc5ccc(F)cc5)CC4)cc3F)ccnc2cc1OCCCN1CCN(C)CC1. The Balaban J connectivity index is 1.09. The summed E-state index contributed by atoms with van der Waals surface area (Å²) in [5, 5.41) is 5.90. The molecule has 2 heterocycles. The number of carbonyl (C=O) groups excluding carboxylic acids is 2. The summed E-state index contributed by atoms with van der Waals surface area (Å²) in [6, 6.07) is 14.5. The molecule has 1 aliphatic heterocycles. The highest BCUT2D eigenvalue weighted by Crippen LogP contribution is 2.47. The van der Waals surface area contributed by atoms with Crippen LogP contribution in [0, 0.1) is 17.0 Å². The number of anilines is 2. The number of amides is 2. The monoisotopic (exact) mass is 645 g/mol. The molecule has 1 aromatic heterocycles. The quantitative estimate of drug-likeness (QED) is 0.150. The van der Waals surface area contributed by atoms with Crippen LogP contribution < -0.4 is 24.8 Å². The van der Waals surface area contributed by atoms with Gasteiger partial charge in [0, 0.05) is 67.8 Å². The number of methoxy groups -OCH3 is 1. The van der Waals surface area contributed by atoms with Gasteiger partial charge in [0.1, 0.15) is 17.0 Å². The first-order chi connectivity index (χ1) is 22.7. The number of hydrogen-bond acceptors (Lipinski definition) is 8. The number of piperazine rings is 1. The fourth-order valence-corrected chi connectivity index (χ4v) is 5.53. The number of halogens is 2. The van der Waals surface area contributed by atoms with Crippen molar-refractivity contribution in [2.24, 2.45) is 5.41 Å². The maximum Gasteiger partial charge on any atom is 0.240 e. The molecule has 2 fully saturated rings. The van der Waals surface area contributed by atoms with E-state index in [9.17, 15) is 14.0 Å². The first-order valence-corrected chi connectivity index (χ1v) is 15.6. The van der Waals surface area contributed by atoms with Crippen molar-refractivity contribution < 1.29 is 32.6 Å². The second kappa shape index (κ2) is 13.9. The molecule has 3 aromatic carbocycles. The van der Waals surface area contributed by atoms with E-state index in [1.807, 2.05) is 0 Å². The van der Waals surface area contributed by atoms with Crippen LogP contribution in [0.2, 0.25) is 0 Å². The second-order valence-corrected chi connectivity index (χ2v) is 11.9. The Bertz CT molecular complexity index is 1760.